The molecule has 1 aromatic carbocycles. The first kappa shape index (κ1) is 19.3. The maximum absolute atomic E-state index is 10.0. The number of rotatable bonds is 2. The van der Waals surface area contributed by atoms with Gasteiger partial charge in [-0.1, -0.05) is 27.5 Å². The summed E-state index contributed by atoms with van der Waals surface area (Å²) < 4.78 is 0.900. The number of halogens is 4. The van der Waals surface area contributed by atoms with Crippen LogP contribution in [-0.4, -0.2) is 36.2 Å². The highest BCUT2D eigenvalue weighted by atomic mass is 79.9. The number of phenolic OH excluding ortho intramolecular Hbond substituents is 1. The Morgan fingerprint density at radius 2 is 1.89 bits per heavy atom. The Hall–Kier alpha value is 0.290. The van der Waals surface area contributed by atoms with Crippen LogP contribution in [0.1, 0.15) is 18.5 Å². The van der Waals surface area contributed by atoms with Crippen molar-refractivity contribution in [1.29, 1.82) is 0 Å². The van der Waals surface area contributed by atoms with Gasteiger partial charge in [-0.05, 0) is 19.1 Å². The maximum Gasteiger partial charge on any atom is 0.139 e. The minimum absolute atomic E-state index is 0. The summed E-state index contributed by atoms with van der Waals surface area (Å²) in [5.41, 5.74) is 0.881. The molecular weight excluding hydrogens is 374 g/mol. The number of nitrogens with one attached hydrogen (secondary N) is 1. The highest BCUT2D eigenvalue weighted by Crippen LogP contribution is 2.36. The monoisotopic (exact) mass is 390 g/mol. The predicted molar refractivity (Wildman–Crippen MR) is 88.2 cm³/mol. The minimum Gasteiger partial charge on any atom is -0.506 e. The third kappa shape index (κ3) is 4.66. The third-order valence-corrected chi connectivity index (χ3v) is 3.95. The Bertz CT molecular complexity index is 414. The fourth-order valence-electron chi connectivity index (χ4n) is 2.17. The van der Waals surface area contributed by atoms with Crippen molar-refractivity contribution in [3.05, 3.63) is 27.2 Å². The molecule has 1 aromatic rings. The van der Waals surface area contributed by atoms with Gasteiger partial charge in [0.05, 0.1) is 5.02 Å². The van der Waals surface area contributed by atoms with Crippen molar-refractivity contribution in [3.63, 3.8) is 0 Å². The molecule has 0 aromatic heterocycles. The zero-order valence-electron chi connectivity index (χ0n) is 10.5. The average Bonchev–Trinajstić information content (AvgIpc) is 2.34. The van der Waals surface area contributed by atoms with Gasteiger partial charge in [0.25, 0.3) is 0 Å². The molecule has 7 heteroatoms. The van der Waals surface area contributed by atoms with Crippen molar-refractivity contribution < 1.29 is 5.11 Å². The first-order valence-electron chi connectivity index (χ1n) is 5.72. The quantitative estimate of drug-likeness (QED) is 0.807. The van der Waals surface area contributed by atoms with Crippen LogP contribution in [0.15, 0.2) is 16.6 Å². The van der Waals surface area contributed by atoms with Crippen LogP contribution >= 0.6 is 52.3 Å². The van der Waals surface area contributed by atoms with Crippen LogP contribution in [0.2, 0.25) is 5.02 Å². The first-order valence-corrected chi connectivity index (χ1v) is 6.89. The molecule has 110 valence electrons. The smallest absolute Gasteiger partial charge is 0.139 e. The van der Waals surface area contributed by atoms with Crippen LogP contribution in [0.3, 0.4) is 0 Å². The largest absolute Gasteiger partial charge is 0.506 e. The summed E-state index contributed by atoms with van der Waals surface area (Å²) in [5.74, 6) is 0.195. The number of hydrogen-bond donors (Lipinski definition) is 2. The normalized spacial score (nSPS) is 17.2. The van der Waals surface area contributed by atoms with Gasteiger partial charge in [-0.3, -0.25) is 4.90 Å². The number of aromatic hydroxyl groups is 1. The van der Waals surface area contributed by atoms with E-state index in [1.807, 2.05) is 6.07 Å². The lowest BCUT2D eigenvalue weighted by Gasteiger charge is -2.33. The molecule has 0 radical (unpaired) electrons. The fraction of sp³-hybridized carbons (Fsp3) is 0.500. The highest BCUT2D eigenvalue weighted by molar-refractivity contribution is 9.10. The second-order valence-electron chi connectivity index (χ2n) is 4.29. The van der Waals surface area contributed by atoms with Crippen molar-refractivity contribution in [1.82, 2.24) is 10.2 Å². The van der Waals surface area contributed by atoms with Gasteiger partial charge in [-0.15, -0.1) is 24.8 Å². The molecular formula is C12H18BrCl3N2O. The molecule has 0 bridgehead atoms. The molecule has 0 unspecified atom stereocenters. The van der Waals surface area contributed by atoms with Crippen molar-refractivity contribution in [2.45, 2.75) is 13.0 Å². The van der Waals surface area contributed by atoms with Crippen LogP contribution < -0.4 is 5.32 Å². The topological polar surface area (TPSA) is 35.5 Å². The van der Waals surface area contributed by atoms with E-state index in [1.165, 1.54) is 0 Å². The van der Waals surface area contributed by atoms with Gasteiger partial charge in [0.1, 0.15) is 5.75 Å². The van der Waals surface area contributed by atoms with Crippen molar-refractivity contribution in [3.8, 4) is 5.75 Å². The van der Waals surface area contributed by atoms with Gasteiger partial charge in [-0.25, -0.2) is 0 Å². The first-order chi connectivity index (χ1) is 8.09. The van der Waals surface area contributed by atoms with Gasteiger partial charge < -0.3 is 10.4 Å². The Balaban J connectivity index is 0.00000162. The molecule has 1 atom stereocenters. The molecule has 1 heterocycles. The summed E-state index contributed by atoms with van der Waals surface area (Å²) in [6, 6.07) is 3.82. The van der Waals surface area contributed by atoms with E-state index in [9.17, 15) is 5.11 Å². The Labute approximate surface area is 139 Å². The SMILES string of the molecule is C[C@H](c1cc(Br)cc(Cl)c1O)N1CCNCC1.Cl.Cl. The number of hydrogen-bond acceptors (Lipinski definition) is 3. The molecule has 2 rings (SSSR count). The zero-order chi connectivity index (χ0) is 12.4. The van der Waals surface area contributed by atoms with E-state index in [2.05, 4.69) is 33.1 Å². The van der Waals surface area contributed by atoms with E-state index in [0.717, 1.165) is 36.2 Å². The third-order valence-electron chi connectivity index (χ3n) is 3.21. The lowest BCUT2D eigenvalue weighted by molar-refractivity contribution is 0.183. The van der Waals surface area contributed by atoms with Crippen LogP contribution in [0.5, 0.6) is 5.75 Å². The van der Waals surface area contributed by atoms with E-state index in [0.29, 0.717) is 5.02 Å². The fourth-order valence-corrected chi connectivity index (χ4v) is 3.00. The predicted octanol–water partition coefficient (Wildman–Crippen LogP) is 3.62. The summed E-state index contributed by atoms with van der Waals surface area (Å²) in [4.78, 5) is 2.34. The van der Waals surface area contributed by atoms with E-state index < -0.39 is 0 Å². The van der Waals surface area contributed by atoms with Crippen molar-refractivity contribution in [2.24, 2.45) is 0 Å². The summed E-state index contributed by atoms with van der Waals surface area (Å²) in [6.07, 6.45) is 0. The summed E-state index contributed by atoms with van der Waals surface area (Å²) in [7, 11) is 0. The summed E-state index contributed by atoms with van der Waals surface area (Å²) >= 11 is 9.40. The van der Waals surface area contributed by atoms with E-state index in [1.54, 1.807) is 6.07 Å². The molecule has 19 heavy (non-hydrogen) atoms. The second-order valence-corrected chi connectivity index (χ2v) is 5.61. The van der Waals surface area contributed by atoms with Gasteiger partial charge in [-0.2, -0.15) is 0 Å². The van der Waals surface area contributed by atoms with E-state index >= 15 is 0 Å². The molecule has 0 amide bonds. The standard InChI is InChI=1S/C12H16BrClN2O.2ClH/c1-8(16-4-2-15-3-5-16)10-6-9(13)7-11(14)12(10)17;;/h6-8,15,17H,2-5H2,1H3;2*1H/t8-;;/m1../s1. The zero-order valence-corrected chi connectivity index (χ0v) is 14.5. The van der Waals surface area contributed by atoms with Crippen molar-refractivity contribution in [2.75, 3.05) is 26.2 Å². The summed E-state index contributed by atoms with van der Waals surface area (Å²) in [5, 5.41) is 13.7. The van der Waals surface area contributed by atoms with Gasteiger partial charge >= 0.3 is 0 Å². The van der Waals surface area contributed by atoms with E-state index in [4.69, 9.17) is 11.6 Å². The minimum atomic E-state index is 0. The molecule has 3 nitrogen and oxygen atoms in total. The lowest BCUT2D eigenvalue weighted by Crippen LogP contribution is -2.44. The molecule has 0 spiro atoms. The lowest BCUT2D eigenvalue weighted by atomic mass is 10.1. The Morgan fingerprint density at radius 3 is 2.47 bits per heavy atom. The van der Waals surface area contributed by atoms with Crippen LogP contribution in [0, 0.1) is 0 Å². The number of benzene rings is 1. The van der Waals surface area contributed by atoms with Crippen LogP contribution in [0.25, 0.3) is 0 Å². The molecule has 1 aliphatic rings. The molecule has 1 aliphatic heterocycles. The number of nitrogens with zero attached hydrogens (tertiary/aromatic N) is 1. The summed E-state index contributed by atoms with van der Waals surface area (Å²) in [6.45, 7) is 6.07. The molecule has 0 saturated carbocycles. The Morgan fingerprint density at radius 1 is 1.32 bits per heavy atom. The Kier molecular flexibility index (Phi) is 8.68. The number of phenols is 1. The average molecular weight is 393 g/mol. The van der Waals surface area contributed by atoms with Crippen LogP contribution in [0.4, 0.5) is 0 Å². The van der Waals surface area contributed by atoms with E-state index in [-0.39, 0.29) is 36.6 Å². The molecule has 0 aliphatic carbocycles. The van der Waals surface area contributed by atoms with Gasteiger partial charge in [0, 0.05) is 42.3 Å². The molecule has 1 fully saturated rings. The van der Waals surface area contributed by atoms with Crippen molar-refractivity contribution >= 4 is 52.3 Å². The molecule has 2 N–H and O–H groups in total. The highest BCUT2D eigenvalue weighted by Gasteiger charge is 2.21. The van der Waals surface area contributed by atoms with Crippen LogP contribution in [-0.2, 0) is 0 Å². The maximum atomic E-state index is 10.0. The number of piperazine rings is 1. The van der Waals surface area contributed by atoms with Gasteiger partial charge in [0.2, 0.25) is 0 Å². The molecule has 1 saturated heterocycles. The second kappa shape index (κ2) is 8.55. The van der Waals surface area contributed by atoms with Gasteiger partial charge in [0.15, 0.2) is 0 Å².